The average Bonchev–Trinajstić information content (AvgIpc) is 3.36. The van der Waals surface area contributed by atoms with Gasteiger partial charge in [0, 0.05) is 29.1 Å². The lowest BCUT2D eigenvalue weighted by atomic mass is 10.1. The number of rotatable bonds is 5. The lowest BCUT2D eigenvalue weighted by molar-refractivity contribution is 0.0956. The van der Waals surface area contributed by atoms with Crippen molar-refractivity contribution in [2.24, 2.45) is 0 Å². The Kier molecular flexibility index (Phi) is 4.33. The van der Waals surface area contributed by atoms with E-state index in [0.29, 0.717) is 13.2 Å². The molecule has 5 rings (SSSR count). The van der Waals surface area contributed by atoms with E-state index >= 15 is 0 Å². The third-order valence-electron chi connectivity index (χ3n) is 4.94. The molecular weight excluding hydrogens is 370 g/mol. The number of hydrogen-bond donors (Lipinski definition) is 1. The zero-order chi connectivity index (χ0) is 18.9. The van der Waals surface area contributed by atoms with Crippen molar-refractivity contribution in [2.45, 2.75) is 19.6 Å². The van der Waals surface area contributed by atoms with Gasteiger partial charge in [0.2, 0.25) is 0 Å². The van der Waals surface area contributed by atoms with Gasteiger partial charge in [0.15, 0.2) is 0 Å². The van der Waals surface area contributed by atoms with Gasteiger partial charge in [-0.15, -0.1) is 11.3 Å². The van der Waals surface area contributed by atoms with Gasteiger partial charge in [-0.1, -0.05) is 24.3 Å². The minimum absolute atomic E-state index is 0.0210. The highest BCUT2D eigenvalue weighted by Gasteiger charge is 2.22. The Morgan fingerprint density at radius 2 is 2.04 bits per heavy atom. The third-order valence-corrected chi connectivity index (χ3v) is 6.15. The van der Waals surface area contributed by atoms with E-state index in [1.54, 1.807) is 0 Å². The van der Waals surface area contributed by atoms with E-state index in [9.17, 15) is 4.79 Å². The minimum atomic E-state index is -0.0210. The number of benzene rings is 2. The van der Waals surface area contributed by atoms with Crippen molar-refractivity contribution in [1.82, 2.24) is 14.9 Å². The molecule has 0 radical (unpaired) electrons. The Balaban J connectivity index is 1.22. The summed E-state index contributed by atoms with van der Waals surface area (Å²) < 4.78 is 7.91. The molecule has 0 aliphatic carbocycles. The van der Waals surface area contributed by atoms with Crippen LogP contribution in [0.25, 0.3) is 21.5 Å². The monoisotopic (exact) mass is 389 g/mol. The van der Waals surface area contributed by atoms with Crippen LogP contribution in [-0.2, 0) is 13.2 Å². The summed E-state index contributed by atoms with van der Waals surface area (Å²) in [4.78, 5) is 18.9. The highest BCUT2D eigenvalue weighted by Crippen LogP contribution is 2.42. The van der Waals surface area contributed by atoms with Crippen LogP contribution < -0.4 is 10.1 Å². The quantitative estimate of drug-likeness (QED) is 0.512. The zero-order valence-electron chi connectivity index (χ0n) is 15.2. The predicted octanol–water partition coefficient (Wildman–Crippen LogP) is 4.48. The Morgan fingerprint density at radius 1 is 1.18 bits per heavy atom. The van der Waals surface area contributed by atoms with E-state index < -0.39 is 0 Å². The molecule has 2 aromatic carbocycles. The molecule has 4 aromatic rings. The molecule has 2 aromatic heterocycles. The molecular formula is C22H19N3O2S. The molecule has 1 aliphatic heterocycles. The van der Waals surface area contributed by atoms with Crippen LogP contribution in [0.3, 0.4) is 0 Å². The summed E-state index contributed by atoms with van der Waals surface area (Å²) >= 11 is 1.54. The van der Waals surface area contributed by atoms with E-state index in [1.165, 1.54) is 11.3 Å². The predicted molar refractivity (Wildman–Crippen MR) is 111 cm³/mol. The first kappa shape index (κ1) is 17.0. The second kappa shape index (κ2) is 7.13. The molecule has 1 N–H and O–H groups in total. The van der Waals surface area contributed by atoms with Crippen molar-refractivity contribution in [3.63, 3.8) is 0 Å². The number of carbonyl (C=O) groups is 1. The Bertz CT molecular complexity index is 1160. The molecule has 0 saturated carbocycles. The molecule has 1 amide bonds. The molecule has 6 heteroatoms. The number of para-hydroxylation sites is 3. The van der Waals surface area contributed by atoms with Crippen molar-refractivity contribution in [3.8, 4) is 16.2 Å². The van der Waals surface area contributed by atoms with E-state index in [0.717, 1.165) is 50.6 Å². The number of hydrogen-bond acceptors (Lipinski definition) is 4. The normalized spacial score (nSPS) is 12.3. The molecule has 0 unspecified atom stereocenters. The van der Waals surface area contributed by atoms with Crippen LogP contribution in [0.2, 0.25) is 0 Å². The van der Waals surface area contributed by atoms with Crippen molar-refractivity contribution < 1.29 is 9.53 Å². The lowest BCUT2D eigenvalue weighted by Crippen LogP contribution is -2.24. The number of aryl methyl sites for hydroxylation is 1. The first-order valence-corrected chi connectivity index (χ1v) is 10.1. The van der Waals surface area contributed by atoms with Crippen molar-refractivity contribution in [1.29, 1.82) is 0 Å². The Hall–Kier alpha value is -3.12. The summed E-state index contributed by atoms with van der Waals surface area (Å²) in [5, 5.41) is 3.04. The molecule has 0 atom stereocenters. The molecule has 0 bridgehead atoms. The van der Waals surface area contributed by atoms with Crippen LogP contribution in [0, 0.1) is 0 Å². The smallest absolute Gasteiger partial charge is 0.261 e. The largest absolute Gasteiger partial charge is 0.488 e. The van der Waals surface area contributed by atoms with Crippen LogP contribution in [0.1, 0.15) is 21.7 Å². The maximum atomic E-state index is 12.6. The highest BCUT2D eigenvalue weighted by molar-refractivity contribution is 7.17. The SMILES string of the molecule is O=C(NCCCn1cnc2ccccc21)c1cc2c(s1)-c1ccccc1OC2. The standard InChI is InChI=1S/C22H19N3O2S/c26-22(23-10-5-11-25-14-24-17-7-2-3-8-18(17)25)20-12-15-13-27-19-9-4-1-6-16(19)21(15)28-20/h1-4,6-9,12,14H,5,10-11,13H2,(H,23,26). The Morgan fingerprint density at radius 3 is 3.00 bits per heavy atom. The van der Waals surface area contributed by atoms with E-state index in [-0.39, 0.29) is 5.91 Å². The maximum absolute atomic E-state index is 12.6. The van der Waals surface area contributed by atoms with Crippen molar-refractivity contribution >= 4 is 28.3 Å². The number of ether oxygens (including phenoxy) is 1. The molecule has 0 spiro atoms. The molecule has 0 saturated heterocycles. The van der Waals surface area contributed by atoms with Crippen LogP contribution in [-0.4, -0.2) is 22.0 Å². The van der Waals surface area contributed by atoms with Gasteiger partial charge < -0.3 is 14.6 Å². The maximum Gasteiger partial charge on any atom is 0.261 e. The fraction of sp³-hybridized carbons (Fsp3) is 0.182. The van der Waals surface area contributed by atoms with Gasteiger partial charge >= 0.3 is 0 Å². The van der Waals surface area contributed by atoms with Gasteiger partial charge in [-0.2, -0.15) is 0 Å². The summed E-state index contributed by atoms with van der Waals surface area (Å²) in [6, 6.07) is 18.0. The minimum Gasteiger partial charge on any atom is -0.488 e. The topological polar surface area (TPSA) is 56.2 Å². The van der Waals surface area contributed by atoms with Gasteiger partial charge in [-0.3, -0.25) is 4.79 Å². The Labute approximate surface area is 166 Å². The number of nitrogens with zero attached hydrogens (tertiary/aromatic N) is 2. The zero-order valence-corrected chi connectivity index (χ0v) is 16.0. The van der Waals surface area contributed by atoms with Crippen LogP contribution in [0.5, 0.6) is 5.75 Å². The second-order valence-corrected chi connectivity index (χ2v) is 7.84. The van der Waals surface area contributed by atoms with Gasteiger partial charge in [-0.05, 0) is 36.8 Å². The average molecular weight is 389 g/mol. The van der Waals surface area contributed by atoms with Gasteiger partial charge in [0.25, 0.3) is 5.91 Å². The second-order valence-electron chi connectivity index (χ2n) is 6.79. The van der Waals surface area contributed by atoms with Crippen LogP contribution in [0.4, 0.5) is 0 Å². The first-order valence-electron chi connectivity index (χ1n) is 9.32. The van der Waals surface area contributed by atoms with Crippen LogP contribution in [0.15, 0.2) is 60.9 Å². The summed E-state index contributed by atoms with van der Waals surface area (Å²) in [6.45, 7) is 1.97. The van der Waals surface area contributed by atoms with Gasteiger partial charge in [-0.25, -0.2) is 4.98 Å². The van der Waals surface area contributed by atoms with E-state index in [2.05, 4.69) is 20.9 Å². The van der Waals surface area contributed by atoms with Gasteiger partial charge in [0.05, 0.1) is 22.2 Å². The van der Waals surface area contributed by atoms with Gasteiger partial charge in [0.1, 0.15) is 12.4 Å². The number of aromatic nitrogens is 2. The molecule has 3 heterocycles. The number of thiophene rings is 1. The fourth-order valence-electron chi connectivity index (χ4n) is 3.54. The molecule has 1 aliphatic rings. The van der Waals surface area contributed by atoms with E-state index in [4.69, 9.17) is 4.74 Å². The summed E-state index contributed by atoms with van der Waals surface area (Å²) in [5.41, 5.74) is 4.27. The number of carbonyl (C=O) groups excluding carboxylic acids is 1. The first-order chi connectivity index (χ1) is 13.8. The third kappa shape index (κ3) is 3.05. The summed E-state index contributed by atoms with van der Waals surface area (Å²) in [6.07, 6.45) is 2.71. The van der Waals surface area contributed by atoms with Crippen LogP contribution >= 0.6 is 11.3 Å². The number of amides is 1. The summed E-state index contributed by atoms with van der Waals surface area (Å²) in [7, 11) is 0. The highest BCUT2D eigenvalue weighted by atomic mass is 32.1. The lowest BCUT2D eigenvalue weighted by Gasteiger charge is -2.16. The molecule has 140 valence electrons. The fourth-order valence-corrected chi connectivity index (χ4v) is 4.65. The molecule has 5 nitrogen and oxygen atoms in total. The van der Waals surface area contributed by atoms with Crippen molar-refractivity contribution in [2.75, 3.05) is 6.54 Å². The number of nitrogens with one attached hydrogen (secondary N) is 1. The number of fused-ring (bicyclic) bond motifs is 4. The molecule has 0 fully saturated rings. The summed E-state index contributed by atoms with van der Waals surface area (Å²) in [5.74, 6) is 0.865. The number of imidazole rings is 1. The van der Waals surface area contributed by atoms with E-state index in [1.807, 2.05) is 54.9 Å². The van der Waals surface area contributed by atoms with Crippen molar-refractivity contribution in [3.05, 3.63) is 71.4 Å². The molecule has 28 heavy (non-hydrogen) atoms.